The summed E-state index contributed by atoms with van der Waals surface area (Å²) >= 11 is 0. The molecule has 0 aliphatic carbocycles. The Morgan fingerprint density at radius 2 is 1.86 bits per heavy atom. The minimum Gasteiger partial charge on any atom is -0.497 e. The molecule has 0 spiro atoms. The second-order valence-electron chi connectivity index (χ2n) is 6.04. The molecule has 2 aliphatic heterocycles. The summed E-state index contributed by atoms with van der Waals surface area (Å²) in [6.07, 6.45) is 4.96. The van der Waals surface area contributed by atoms with Crippen LogP contribution in [0.2, 0.25) is 0 Å². The summed E-state index contributed by atoms with van der Waals surface area (Å²) < 4.78 is 10.8. The minimum absolute atomic E-state index is 0.414. The number of hydrogen-bond donors (Lipinski definition) is 0. The lowest BCUT2D eigenvalue weighted by atomic mass is 9.83. The maximum atomic E-state index is 11.8. The van der Waals surface area contributed by atoms with E-state index in [0.29, 0.717) is 17.9 Å². The van der Waals surface area contributed by atoms with Crippen LogP contribution in [0.1, 0.15) is 37.7 Å². The predicted molar refractivity (Wildman–Crippen MR) is 80.8 cm³/mol. The van der Waals surface area contributed by atoms with Crippen molar-refractivity contribution in [3.05, 3.63) is 23.8 Å². The maximum Gasteiger partial charge on any atom is 0.136 e. The number of nitrogens with zero attached hydrogens (tertiary/aromatic N) is 1. The molecule has 21 heavy (non-hydrogen) atoms. The van der Waals surface area contributed by atoms with Gasteiger partial charge < -0.3 is 9.47 Å². The van der Waals surface area contributed by atoms with Crippen LogP contribution < -0.4 is 9.47 Å². The molecule has 0 saturated carbocycles. The Kier molecular flexibility index (Phi) is 4.15. The molecule has 0 radical (unpaired) electrons. The van der Waals surface area contributed by atoms with Crippen LogP contribution in [0.4, 0.5) is 0 Å². The third-order valence-electron chi connectivity index (χ3n) is 4.79. The van der Waals surface area contributed by atoms with E-state index in [1.807, 2.05) is 12.1 Å². The highest BCUT2D eigenvalue weighted by Crippen LogP contribution is 2.35. The van der Waals surface area contributed by atoms with Crippen molar-refractivity contribution in [2.75, 3.05) is 14.2 Å². The average Bonchev–Trinajstić information content (AvgIpc) is 2.48. The van der Waals surface area contributed by atoms with Crippen LogP contribution in [0.25, 0.3) is 0 Å². The van der Waals surface area contributed by atoms with Crippen LogP contribution in [-0.2, 0) is 11.3 Å². The lowest BCUT2D eigenvalue weighted by molar-refractivity contribution is -0.127. The monoisotopic (exact) mass is 289 g/mol. The van der Waals surface area contributed by atoms with E-state index in [1.165, 1.54) is 12.0 Å². The van der Waals surface area contributed by atoms with Crippen LogP contribution in [0.5, 0.6) is 11.5 Å². The number of Topliss-reactive ketones (excluding diaryl/α,β-unsaturated/α-hetero) is 1. The number of methoxy groups -OCH3 is 2. The van der Waals surface area contributed by atoms with Crippen LogP contribution in [-0.4, -0.2) is 37.0 Å². The molecule has 2 unspecified atom stereocenters. The first kappa shape index (κ1) is 14.4. The van der Waals surface area contributed by atoms with E-state index in [2.05, 4.69) is 11.0 Å². The van der Waals surface area contributed by atoms with Crippen LogP contribution in [0.3, 0.4) is 0 Å². The SMILES string of the molecule is COc1ccc(CN2C3CCCC2CC(=O)C3)c(OC)c1. The van der Waals surface area contributed by atoms with Gasteiger partial charge in [0.15, 0.2) is 0 Å². The fourth-order valence-corrected chi connectivity index (χ4v) is 3.70. The summed E-state index contributed by atoms with van der Waals surface area (Å²) in [6.45, 7) is 0.857. The van der Waals surface area contributed by atoms with Gasteiger partial charge in [0.25, 0.3) is 0 Å². The minimum atomic E-state index is 0.414. The van der Waals surface area contributed by atoms with Crippen molar-refractivity contribution in [2.45, 2.75) is 50.7 Å². The van der Waals surface area contributed by atoms with Crippen molar-refractivity contribution in [1.29, 1.82) is 0 Å². The van der Waals surface area contributed by atoms with Gasteiger partial charge in [-0.1, -0.05) is 12.5 Å². The largest absolute Gasteiger partial charge is 0.497 e. The van der Waals surface area contributed by atoms with E-state index in [4.69, 9.17) is 9.47 Å². The first-order valence-electron chi connectivity index (χ1n) is 7.69. The topological polar surface area (TPSA) is 38.8 Å². The Bertz CT molecular complexity index is 513. The quantitative estimate of drug-likeness (QED) is 0.854. The molecule has 114 valence electrons. The first-order chi connectivity index (χ1) is 10.2. The molecule has 0 aromatic heterocycles. The molecule has 2 heterocycles. The molecule has 0 N–H and O–H groups in total. The van der Waals surface area contributed by atoms with Gasteiger partial charge >= 0.3 is 0 Å². The van der Waals surface area contributed by atoms with Gasteiger partial charge in [0.1, 0.15) is 17.3 Å². The fraction of sp³-hybridized carbons (Fsp3) is 0.588. The van der Waals surface area contributed by atoms with Crippen LogP contribution in [0.15, 0.2) is 18.2 Å². The Hall–Kier alpha value is -1.55. The van der Waals surface area contributed by atoms with Crippen LogP contribution >= 0.6 is 0 Å². The predicted octanol–water partition coefficient (Wildman–Crippen LogP) is 2.79. The van der Waals surface area contributed by atoms with Gasteiger partial charge in [-0.15, -0.1) is 0 Å². The lowest BCUT2D eigenvalue weighted by Crippen LogP contribution is -2.51. The standard InChI is InChI=1S/C17H23NO3/c1-20-16-7-6-12(17(10-16)21-2)11-18-13-4-3-5-14(18)9-15(19)8-13/h6-7,10,13-14H,3-5,8-9,11H2,1-2H3. The number of fused-ring (bicyclic) bond motifs is 2. The summed E-state index contributed by atoms with van der Waals surface area (Å²) in [5.41, 5.74) is 1.17. The van der Waals surface area contributed by atoms with Crippen molar-refractivity contribution in [3.63, 3.8) is 0 Å². The zero-order valence-corrected chi connectivity index (χ0v) is 12.8. The number of rotatable bonds is 4. The van der Waals surface area contributed by atoms with Gasteiger partial charge in [0.2, 0.25) is 0 Å². The van der Waals surface area contributed by atoms with E-state index in [9.17, 15) is 4.79 Å². The average molecular weight is 289 g/mol. The van der Waals surface area contributed by atoms with Crippen molar-refractivity contribution in [1.82, 2.24) is 4.90 Å². The molecule has 0 amide bonds. The molecule has 2 aliphatic rings. The van der Waals surface area contributed by atoms with E-state index < -0.39 is 0 Å². The molecule has 3 rings (SSSR count). The van der Waals surface area contributed by atoms with Crippen molar-refractivity contribution in [3.8, 4) is 11.5 Å². The number of ketones is 1. The van der Waals surface area contributed by atoms with Crippen LogP contribution in [0, 0.1) is 0 Å². The third-order valence-corrected chi connectivity index (χ3v) is 4.79. The van der Waals surface area contributed by atoms with Gasteiger partial charge in [-0.2, -0.15) is 0 Å². The maximum absolute atomic E-state index is 11.8. The van der Waals surface area contributed by atoms with Crippen molar-refractivity contribution in [2.24, 2.45) is 0 Å². The number of carbonyl (C=O) groups excluding carboxylic acids is 1. The number of hydrogen-bond acceptors (Lipinski definition) is 4. The highest BCUT2D eigenvalue weighted by molar-refractivity contribution is 5.80. The van der Waals surface area contributed by atoms with Gasteiger partial charge in [0, 0.05) is 43.1 Å². The smallest absolute Gasteiger partial charge is 0.136 e. The molecule has 2 saturated heterocycles. The summed E-state index contributed by atoms with van der Waals surface area (Å²) in [4.78, 5) is 14.3. The summed E-state index contributed by atoms with van der Waals surface area (Å²) in [5.74, 6) is 2.11. The van der Waals surface area contributed by atoms with Crippen molar-refractivity contribution >= 4 is 5.78 Å². The zero-order chi connectivity index (χ0) is 14.8. The summed E-state index contributed by atoms with van der Waals surface area (Å²) in [5, 5.41) is 0. The number of carbonyl (C=O) groups is 1. The molecule has 1 aromatic rings. The normalized spacial score (nSPS) is 25.7. The van der Waals surface area contributed by atoms with Gasteiger partial charge in [-0.25, -0.2) is 0 Å². The lowest BCUT2D eigenvalue weighted by Gasteiger charge is -2.45. The Balaban J connectivity index is 1.81. The number of ether oxygens (including phenoxy) is 2. The number of benzene rings is 1. The van der Waals surface area contributed by atoms with E-state index in [-0.39, 0.29) is 0 Å². The summed E-state index contributed by atoms with van der Waals surface area (Å²) in [7, 11) is 3.36. The Morgan fingerprint density at radius 1 is 1.14 bits per heavy atom. The molecule has 1 aromatic carbocycles. The number of piperidine rings is 2. The third kappa shape index (κ3) is 2.91. The van der Waals surface area contributed by atoms with E-state index in [0.717, 1.165) is 43.7 Å². The Labute approximate surface area is 126 Å². The Morgan fingerprint density at radius 3 is 2.48 bits per heavy atom. The fourth-order valence-electron chi connectivity index (χ4n) is 3.70. The van der Waals surface area contributed by atoms with E-state index in [1.54, 1.807) is 14.2 Å². The molecular weight excluding hydrogens is 266 g/mol. The van der Waals surface area contributed by atoms with Gasteiger partial charge in [-0.05, 0) is 18.9 Å². The zero-order valence-electron chi connectivity index (χ0n) is 12.8. The molecule has 4 nitrogen and oxygen atoms in total. The molecule has 4 heteroatoms. The second-order valence-corrected chi connectivity index (χ2v) is 6.04. The first-order valence-corrected chi connectivity index (χ1v) is 7.69. The van der Waals surface area contributed by atoms with Gasteiger partial charge in [-0.3, -0.25) is 9.69 Å². The van der Waals surface area contributed by atoms with E-state index >= 15 is 0 Å². The van der Waals surface area contributed by atoms with Crippen molar-refractivity contribution < 1.29 is 14.3 Å². The molecule has 2 atom stereocenters. The summed E-state index contributed by atoms with van der Waals surface area (Å²) in [6, 6.07) is 6.81. The second kappa shape index (κ2) is 6.06. The van der Waals surface area contributed by atoms with Gasteiger partial charge in [0.05, 0.1) is 14.2 Å². The highest BCUT2D eigenvalue weighted by atomic mass is 16.5. The molecule has 2 fully saturated rings. The highest BCUT2D eigenvalue weighted by Gasteiger charge is 2.37. The molecule has 2 bridgehead atoms. The molecular formula is C17H23NO3.